The molecule has 0 radical (unpaired) electrons. The van der Waals surface area contributed by atoms with Crippen molar-refractivity contribution in [2.24, 2.45) is 0 Å². The van der Waals surface area contributed by atoms with Gasteiger partial charge in [-0.2, -0.15) is 0 Å². The number of benzene rings is 2. The fraction of sp³-hybridized carbons (Fsp3) is 0.0952. The number of para-hydroxylation sites is 1. The van der Waals surface area contributed by atoms with Crippen molar-refractivity contribution in [3.63, 3.8) is 0 Å². The first-order valence-electron chi connectivity index (χ1n) is 8.42. The average Bonchev–Trinajstić information content (AvgIpc) is 2.71. The number of ether oxygens (including phenoxy) is 1. The molecule has 0 aliphatic rings. The minimum atomic E-state index is -0.591. The Kier molecular flexibility index (Phi) is 6.06. The number of esters is 1. The molecule has 3 rings (SSSR count). The molecule has 6 nitrogen and oxygen atoms in total. The maximum atomic E-state index is 12.7. The summed E-state index contributed by atoms with van der Waals surface area (Å²) in [6.07, 6.45) is 1.63. The molecule has 1 amide bonds. The predicted octanol–water partition coefficient (Wildman–Crippen LogP) is 3.70. The highest BCUT2D eigenvalue weighted by Gasteiger charge is 2.17. The summed E-state index contributed by atoms with van der Waals surface area (Å²) in [4.78, 5) is 37.3. The van der Waals surface area contributed by atoms with E-state index in [9.17, 15) is 14.4 Å². The summed E-state index contributed by atoms with van der Waals surface area (Å²) in [5.41, 5.74) is 0.989. The number of amides is 1. The lowest BCUT2D eigenvalue weighted by Gasteiger charge is -2.11. The molecule has 0 atom stereocenters. The third-order valence-electron chi connectivity index (χ3n) is 4.11. The quantitative estimate of drug-likeness (QED) is 0.613. The lowest BCUT2D eigenvalue weighted by Crippen LogP contribution is -2.29. The number of nitrogens with zero attached hydrogens (tertiary/aromatic N) is 1. The van der Waals surface area contributed by atoms with Crippen LogP contribution in [0.2, 0.25) is 0 Å². The van der Waals surface area contributed by atoms with Crippen molar-refractivity contribution >= 4 is 33.5 Å². The van der Waals surface area contributed by atoms with E-state index < -0.39 is 17.4 Å². The monoisotopic (exact) mass is 440 g/mol. The molecule has 0 aliphatic carbocycles. The van der Waals surface area contributed by atoms with Crippen LogP contribution in [-0.4, -0.2) is 23.6 Å². The van der Waals surface area contributed by atoms with Gasteiger partial charge in [0.2, 0.25) is 0 Å². The number of carbonyl (C=O) groups is 2. The summed E-state index contributed by atoms with van der Waals surface area (Å²) >= 11 is 3.37. The van der Waals surface area contributed by atoms with Gasteiger partial charge in [0.15, 0.2) is 0 Å². The van der Waals surface area contributed by atoms with Crippen LogP contribution in [0.3, 0.4) is 0 Å². The van der Waals surface area contributed by atoms with Gasteiger partial charge in [0.1, 0.15) is 5.56 Å². The van der Waals surface area contributed by atoms with Gasteiger partial charge in [-0.3, -0.25) is 9.59 Å². The zero-order chi connectivity index (χ0) is 20.1. The SMILES string of the molecule is COC(=O)c1ccccc1NC(=O)c1cccn(Cc2ccc(Br)cc2)c1=O. The van der Waals surface area contributed by atoms with E-state index >= 15 is 0 Å². The van der Waals surface area contributed by atoms with Crippen LogP contribution < -0.4 is 10.9 Å². The van der Waals surface area contributed by atoms with Gasteiger partial charge in [0.25, 0.3) is 11.5 Å². The van der Waals surface area contributed by atoms with Crippen molar-refractivity contribution in [2.75, 3.05) is 12.4 Å². The Morgan fingerprint density at radius 3 is 2.39 bits per heavy atom. The van der Waals surface area contributed by atoms with Crippen LogP contribution >= 0.6 is 15.9 Å². The minimum Gasteiger partial charge on any atom is -0.465 e. The highest BCUT2D eigenvalue weighted by molar-refractivity contribution is 9.10. The number of hydrogen-bond donors (Lipinski definition) is 1. The van der Waals surface area contributed by atoms with Crippen LogP contribution in [0, 0.1) is 0 Å². The molecule has 1 aromatic heterocycles. The van der Waals surface area contributed by atoms with Gasteiger partial charge < -0.3 is 14.6 Å². The van der Waals surface area contributed by atoms with Crippen LogP contribution in [0.4, 0.5) is 5.69 Å². The van der Waals surface area contributed by atoms with Crippen LogP contribution in [0.15, 0.2) is 76.1 Å². The Balaban J connectivity index is 1.86. The zero-order valence-electron chi connectivity index (χ0n) is 15.0. The van der Waals surface area contributed by atoms with E-state index in [4.69, 9.17) is 4.74 Å². The van der Waals surface area contributed by atoms with Crippen LogP contribution in [0.5, 0.6) is 0 Å². The third-order valence-corrected chi connectivity index (χ3v) is 4.64. The molecular weight excluding hydrogens is 424 g/mol. The molecule has 0 saturated heterocycles. The molecule has 0 unspecified atom stereocenters. The van der Waals surface area contributed by atoms with E-state index in [0.29, 0.717) is 6.54 Å². The number of rotatable bonds is 5. The maximum absolute atomic E-state index is 12.7. The summed E-state index contributed by atoms with van der Waals surface area (Å²) in [7, 11) is 1.26. The molecule has 0 saturated carbocycles. The smallest absolute Gasteiger partial charge is 0.339 e. The van der Waals surface area contributed by atoms with Gasteiger partial charge in [-0.05, 0) is 42.0 Å². The number of hydrogen-bond acceptors (Lipinski definition) is 4. The van der Waals surface area contributed by atoms with Crippen LogP contribution in [0.25, 0.3) is 0 Å². The molecule has 1 N–H and O–H groups in total. The molecule has 3 aromatic rings. The maximum Gasteiger partial charge on any atom is 0.339 e. The van der Waals surface area contributed by atoms with E-state index in [-0.39, 0.29) is 16.8 Å². The van der Waals surface area contributed by atoms with Crippen molar-refractivity contribution in [3.05, 3.63) is 98.4 Å². The van der Waals surface area contributed by atoms with Crippen molar-refractivity contribution in [3.8, 4) is 0 Å². The summed E-state index contributed by atoms with van der Waals surface area (Å²) < 4.78 is 7.13. The lowest BCUT2D eigenvalue weighted by molar-refractivity contribution is 0.0602. The number of methoxy groups -OCH3 is 1. The highest BCUT2D eigenvalue weighted by atomic mass is 79.9. The second-order valence-electron chi connectivity index (χ2n) is 5.97. The molecule has 0 bridgehead atoms. The number of carbonyl (C=O) groups excluding carboxylic acids is 2. The molecule has 1 heterocycles. The summed E-state index contributed by atoms with van der Waals surface area (Å²) in [5.74, 6) is -1.16. The topological polar surface area (TPSA) is 77.4 Å². The first-order chi connectivity index (χ1) is 13.5. The second-order valence-corrected chi connectivity index (χ2v) is 6.89. The van der Waals surface area contributed by atoms with Crippen molar-refractivity contribution in [1.29, 1.82) is 0 Å². The van der Waals surface area contributed by atoms with E-state index in [0.717, 1.165) is 10.0 Å². The summed E-state index contributed by atoms with van der Waals surface area (Å²) in [5, 5.41) is 2.62. The Morgan fingerprint density at radius 2 is 1.68 bits per heavy atom. The standard InChI is InChI=1S/C21H17BrN2O4/c1-28-21(27)16-5-2-3-7-18(16)23-19(25)17-6-4-12-24(20(17)26)13-14-8-10-15(22)11-9-14/h2-12H,13H2,1H3,(H,23,25). The molecule has 7 heteroatoms. The van der Waals surface area contributed by atoms with E-state index in [1.807, 2.05) is 24.3 Å². The fourth-order valence-corrected chi connectivity index (χ4v) is 2.95. The Morgan fingerprint density at radius 1 is 1.00 bits per heavy atom. The largest absolute Gasteiger partial charge is 0.465 e. The predicted molar refractivity (Wildman–Crippen MR) is 110 cm³/mol. The van der Waals surface area contributed by atoms with E-state index in [1.54, 1.807) is 30.5 Å². The normalized spacial score (nSPS) is 10.4. The Hall–Kier alpha value is -3.19. The van der Waals surface area contributed by atoms with Crippen molar-refractivity contribution in [2.45, 2.75) is 6.54 Å². The number of anilines is 1. The van der Waals surface area contributed by atoms with Gasteiger partial charge in [0.05, 0.1) is 24.9 Å². The van der Waals surface area contributed by atoms with Crippen LogP contribution in [-0.2, 0) is 11.3 Å². The summed E-state index contributed by atoms with van der Waals surface area (Å²) in [6.45, 7) is 0.339. The third kappa shape index (κ3) is 4.37. The second kappa shape index (κ2) is 8.67. The van der Waals surface area contributed by atoms with Crippen LogP contribution in [0.1, 0.15) is 26.3 Å². The van der Waals surface area contributed by atoms with E-state index in [1.165, 1.54) is 23.8 Å². The van der Waals surface area contributed by atoms with Gasteiger partial charge in [-0.1, -0.05) is 40.2 Å². The minimum absolute atomic E-state index is 0.0146. The molecule has 0 spiro atoms. The van der Waals surface area contributed by atoms with Gasteiger partial charge >= 0.3 is 5.97 Å². The number of aromatic nitrogens is 1. The van der Waals surface area contributed by atoms with Gasteiger partial charge in [-0.25, -0.2) is 4.79 Å². The van der Waals surface area contributed by atoms with Crippen molar-refractivity contribution in [1.82, 2.24) is 4.57 Å². The summed E-state index contributed by atoms with van der Waals surface area (Å²) in [6, 6.07) is 17.1. The molecule has 28 heavy (non-hydrogen) atoms. The molecular formula is C21H17BrN2O4. The average molecular weight is 441 g/mol. The highest BCUT2D eigenvalue weighted by Crippen LogP contribution is 2.17. The lowest BCUT2D eigenvalue weighted by atomic mass is 10.1. The number of pyridine rings is 1. The van der Waals surface area contributed by atoms with Crippen molar-refractivity contribution < 1.29 is 14.3 Å². The fourth-order valence-electron chi connectivity index (χ4n) is 2.69. The first-order valence-corrected chi connectivity index (χ1v) is 9.21. The number of halogens is 1. The van der Waals surface area contributed by atoms with Gasteiger partial charge in [-0.15, -0.1) is 0 Å². The number of nitrogens with one attached hydrogen (secondary N) is 1. The molecule has 142 valence electrons. The zero-order valence-corrected chi connectivity index (χ0v) is 16.6. The van der Waals surface area contributed by atoms with Gasteiger partial charge in [0, 0.05) is 10.7 Å². The molecule has 0 fully saturated rings. The molecule has 0 aliphatic heterocycles. The Labute approximate surface area is 169 Å². The molecule has 2 aromatic carbocycles. The Bertz CT molecular complexity index is 1070. The first kappa shape index (κ1) is 19.6. The van der Waals surface area contributed by atoms with E-state index in [2.05, 4.69) is 21.2 Å².